The van der Waals surface area contributed by atoms with Crippen LogP contribution in [0, 0.1) is 13.8 Å². The number of aryl methyl sites for hydroxylation is 2. The lowest BCUT2D eigenvalue weighted by atomic mass is 10.1. The highest BCUT2D eigenvalue weighted by Crippen LogP contribution is 2.24. The Bertz CT molecular complexity index is 1060. The van der Waals surface area contributed by atoms with Gasteiger partial charge in [0.2, 0.25) is 0 Å². The molecule has 0 amide bonds. The summed E-state index contributed by atoms with van der Waals surface area (Å²) in [7, 11) is 1.96. The van der Waals surface area contributed by atoms with E-state index >= 15 is 0 Å². The fourth-order valence-electron chi connectivity index (χ4n) is 3.11. The molecule has 178 valence electrons. The first-order valence-electron chi connectivity index (χ1n) is 10.9. The average molecular weight is 563 g/mol. The molecule has 8 heteroatoms. The van der Waals surface area contributed by atoms with Crippen molar-refractivity contribution < 1.29 is 4.74 Å². The van der Waals surface area contributed by atoms with Gasteiger partial charge in [-0.2, -0.15) is 0 Å². The highest BCUT2D eigenvalue weighted by atomic mass is 127. The van der Waals surface area contributed by atoms with Crippen LogP contribution in [0.3, 0.4) is 0 Å². The molecule has 33 heavy (non-hydrogen) atoms. The molecule has 0 spiro atoms. The van der Waals surface area contributed by atoms with Crippen LogP contribution in [0.5, 0.6) is 5.75 Å². The van der Waals surface area contributed by atoms with Gasteiger partial charge >= 0.3 is 0 Å². The van der Waals surface area contributed by atoms with E-state index in [-0.39, 0.29) is 29.6 Å². The lowest BCUT2D eigenvalue weighted by Gasteiger charge is -2.24. The van der Waals surface area contributed by atoms with Crippen LogP contribution in [0.4, 0.5) is 0 Å². The Morgan fingerprint density at radius 1 is 1.00 bits per heavy atom. The van der Waals surface area contributed by atoms with Gasteiger partial charge in [-0.25, -0.2) is 4.99 Å². The Balaban J connectivity index is 0.00000385. The third-order valence-electron chi connectivity index (χ3n) is 4.94. The molecule has 2 aromatic carbocycles. The Kier molecular flexibility index (Phi) is 9.70. The number of nitrogens with zero attached hydrogens (tertiary/aromatic N) is 4. The summed E-state index contributed by atoms with van der Waals surface area (Å²) in [6, 6.07) is 16.5. The quantitative estimate of drug-likeness (QED) is 0.249. The molecular weight excluding hydrogens is 527 g/mol. The molecule has 0 fully saturated rings. The summed E-state index contributed by atoms with van der Waals surface area (Å²) in [6.07, 6.45) is 0. The first kappa shape index (κ1) is 26.6. The SMILES string of the molecule is Cc1ccc(CNC(=NCc2ccccc2)NCc2nnc(C)n2C)c(OC(C)(C)C)c1.I. The Labute approximate surface area is 214 Å². The minimum atomic E-state index is -0.270. The van der Waals surface area contributed by atoms with Gasteiger partial charge in [-0.15, -0.1) is 34.2 Å². The summed E-state index contributed by atoms with van der Waals surface area (Å²) >= 11 is 0. The number of halogens is 1. The summed E-state index contributed by atoms with van der Waals surface area (Å²) in [5.41, 5.74) is 3.12. The molecule has 0 saturated heterocycles. The third kappa shape index (κ3) is 8.34. The van der Waals surface area contributed by atoms with Gasteiger partial charge in [0, 0.05) is 19.2 Å². The summed E-state index contributed by atoms with van der Waals surface area (Å²) in [5.74, 6) is 3.32. The molecule has 0 bridgehead atoms. The van der Waals surface area contributed by atoms with Crippen molar-refractivity contribution in [2.24, 2.45) is 12.0 Å². The van der Waals surface area contributed by atoms with E-state index in [1.165, 1.54) is 5.56 Å². The molecule has 0 aliphatic rings. The highest BCUT2D eigenvalue weighted by Gasteiger charge is 2.15. The number of hydrogen-bond acceptors (Lipinski definition) is 4. The molecule has 0 aliphatic heterocycles. The Morgan fingerprint density at radius 2 is 1.70 bits per heavy atom. The maximum Gasteiger partial charge on any atom is 0.192 e. The van der Waals surface area contributed by atoms with E-state index in [4.69, 9.17) is 9.73 Å². The molecular formula is C25H35IN6O. The lowest BCUT2D eigenvalue weighted by molar-refractivity contribution is 0.129. The second-order valence-corrected chi connectivity index (χ2v) is 8.91. The van der Waals surface area contributed by atoms with E-state index in [0.717, 1.165) is 28.5 Å². The van der Waals surface area contributed by atoms with Crippen molar-refractivity contribution in [3.63, 3.8) is 0 Å². The van der Waals surface area contributed by atoms with Crippen molar-refractivity contribution in [1.82, 2.24) is 25.4 Å². The van der Waals surface area contributed by atoms with E-state index < -0.39 is 0 Å². The number of ether oxygens (including phenoxy) is 1. The smallest absolute Gasteiger partial charge is 0.192 e. The minimum Gasteiger partial charge on any atom is -0.488 e. The topological polar surface area (TPSA) is 76.4 Å². The van der Waals surface area contributed by atoms with Gasteiger partial charge in [0.05, 0.1) is 13.1 Å². The zero-order valence-corrected chi connectivity index (χ0v) is 22.7. The van der Waals surface area contributed by atoms with Crippen molar-refractivity contribution in [2.75, 3.05) is 0 Å². The van der Waals surface area contributed by atoms with Crippen LogP contribution < -0.4 is 15.4 Å². The summed E-state index contributed by atoms with van der Waals surface area (Å²) in [4.78, 5) is 4.78. The maximum atomic E-state index is 6.20. The van der Waals surface area contributed by atoms with Gasteiger partial charge in [-0.05, 0) is 51.8 Å². The van der Waals surface area contributed by atoms with Crippen LogP contribution in [0.1, 0.15) is 49.1 Å². The third-order valence-corrected chi connectivity index (χ3v) is 4.94. The largest absolute Gasteiger partial charge is 0.488 e. The molecule has 0 atom stereocenters. The Hall–Kier alpha value is -2.62. The van der Waals surface area contributed by atoms with Crippen molar-refractivity contribution in [3.05, 3.63) is 76.9 Å². The van der Waals surface area contributed by atoms with Crippen LogP contribution in [0.25, 0.3) is 0 Å². The van der Waals surface area contributed by atoms with Crippen LogP contribution in [-0.2, 0) is 26.7 Å². The number of rotatable bonds is 7. The van der Waals surface area contributed by atoms with Crippen LogP contribution in [0.2, 0.25) is 0 Å². The maximum absolute atomic E-state index is 6.20. The van der Waals surface area contributed by atoms with E-state index in [9.17, 15) is 0 Å². The molecule has 0 radical (unpaired) electrons. The molecule has 1 heterocycles. The van der Waals surface area contributed by atoms with Gasteiger partial charge < -0.3 is 19.9 Å². The van der Waals surface area contributed by atoms with Crippen molar-refractivity contribution in [1.29, 1.82) is 0 Å². The fraction of sp³-hybridized carbons (Fsp3) is 0.400. The molecule has 0 saturated carbocycles. The number of hydrogen-bond donors (Lipinski definition) is 2. The highest BCUT2D eigenvalue weighted by molar-refractivity contribution is 14.0. The first-order chi connectivity index (χ1) is 15.2. The monoisotopic (exact) mass is 562 g/mol. The number of aliphatic imine (C=N–C) groups is 1. The van der Waals surface area contributed by atoms with Crippen LogP contribution in [-0.4, -0.2) is 26.3 Å². The summed E-state index contributed by atoms with van der Waals surface area (Å²) in [6.45, 7) is 11.9. The predicted octanol–water partition coefficient (Wildman–Crippen LogP) is 4.66. The Morgan fingerprint density at radius 3 is 2.33 bits per heavy atom. The molecule has 3 rings (SSSR count). The number of nitrogens with one attached hydrogen (secondary N) is 2. The zero-order valence-electron chi connectivity index (χ0n) is 20.3. The van der Waals surface area contributed by atoms with Crippen LogP contribution in [0.15, 0.2) is 53.5 Å². The molecule has 0 unspecified atom stereocenters. The van der Waals surface area contributed by atoms with Crippen LogP contribution >= 0.6 is 24.0 Å². The fourth-order valence-corrected chi connectivity index (χ4v) is 3.11. The van der Waals surface area contributed by atoms with Gasteiger partial charge in [0.25, 0.3) is 0 Å². The van der Waals surface area contributed by atoms with Gasteiger partial charge in [-0.3, -0.25) is 0 Å². The first-order valence-corrected chi connectivity index (χ1v) is 10.9. The minimum absolute atomic E-state index is 0. The van der Waals surface area contributed by atoms with E-state index in [0.29, 0.717) is 25.6 Å². The summed E-state index contributed by atoms with van der Waals surface area (Å²) < 4.78 is 8.17. The van der Waals surface area contributed by atoms with Crippen molar-refractivity contribution in [2.45, 2.75) is 59.9 Å². The molecule has 0 aliphatic carbocycles. The number of benzene rings is 2. The van der Waals surface area contributed by atoms with Gasteiger partial charge in [-0.1, -0.05) is 42.5 Å². The second-order valence-electron chi connectivity index (χ2n) is 8.91. The molecule has 3 aromatic rings. The predicted molar refractivity (Wildman–Crippen MR) is 144 cm³/mol. The average Bonchev–Trinajstić information content (AvgIpc) is 3.06. The van der Waals surface area contributed by atoms with E-state index in [1.54, 1.807) is 0 Å². The van der Waals surface area contributed by atoms with E-state index in [1.807, 2.05) is 36.7 Å². The normalized spacial score (nSPS) is 11.6. The van der Waals surface area contributed by atoms with E-state index in [2.05, 4.69) is 78.9 Å². The van der Waals surface area contributed by atoms with Crippen molar-refractivity contribution >= 4 is 29.9 Å². The second kappa shape index (κ2) is 12.0. The standard InChI is InChI=1S/C25H34N6O.HI/c1-18-12-13-21(22(14-18)32-25(3,4)5)16-27-24(26-15-20-10-8-7-9-11-20)28-17-23-30-29-19(2)31(23)6;/h7-14H,15-17H2,1-6H3,(H2,26,27,28);1H. The molecule has 2 N–H and O–H groups in total. The zero-order chi connectivity index (χ0) is 23.1. The lowest BCUT2D eigenvalue weighted by Crippen LogP contribution is -2.37. The molecule has 7 nitrogen and oxygen atoms in total. The summed E-state index contributed by atoms with van der Waals surface area (Å²) in [5, 5.41) is 15.2. The number of aromatic nitrogens is 3. The molecule has 1 aromatic heterocycles. The van der Waals surface area contributed by atoms with Gasteiger partial charge in [0.1, 0.15) is 17.2 Å². The van der Waals surface area contributed by atoms with Crippen molar-refractivity contribution in [3.8, 4) is 5.75 Å². The number of guanidine groups is 1. The van der Waals surface area contributed by atoms with Gasteiger partial charge in [0.15, 0.2) is 11.8 Å².